The van der Waals surface area contributed by atoms with Crippen LogP contribution in [0.1, 0.15) is 82.0 Å². The minimum Gasteiger partial charge on any atom is -0.454 e. The monoisotopic (exact) mass is 835 g/mol. The van der Waals surface area contributed by atoms with Crippen molar-refractivity contribution < 1.29 is 72.8 Å². The first kappa shape index (κ1) is 43.2. The van der Waals surface area contributed by atoms with Crippen LogP contribution in [0.4, 0.5) is 4.79 Å². The van der Waals surface area contributed by atoms with Gasteiger partial charge in [0, 0.05) is 29.7 Å². The Bertz CT molecular complexity index is 2060. The zero-order chi connectivity index (χ0) is 43.7. The van der Waals surface area contributed by atoms with E-state index >= 15 is 0 Å². The van der Waals surface area contributed by atoms with E-state index in [1.54, 1.807) is 62.4 Å². The fourth-order valence-electron chi connectivity index (χ4n) is 10.7. The summed E-state index contributed by atoms with van der Waals surface area (Å²) in [5.41, 5.74) is -7.06. The van der Waals surface area contributed by atoms with Gasteiger partial charge in [-0.3, -0.25) is 9.59 Å². The highest BCUT2D eigenvalue weighted by Gasteiger charge is 2.82. The Morgan fingerprint density at radius 3 is 2.12 bits per heavy atom. The number of hydrogen-bond acceptors (Lipinski definition) is 15. The molecule has 16 nitrogen and oxygen atoms in total. The average Bonchev–Trinajstić information content (AvgIpc) is 3.57. The molecule has 5 aliphatic rings. The Hall–Kier alpha value is -4.87. The third-order valence-corrected chi connectivity index (χ3v) is 13.6. The van der Waals surface area contributed by atoms with E-state index in [0.717, 1.165) is 6.92 Å². The normalized spacial score (nSPS) is 36.0. The molecule has 60 heavy (non-hydrogen) atoms. The smallest absolute Gasteiger partial charge is 0.454 e. The number of ether oxygens (including phenoxy) is 6. The molecule has 2 bridgehead atoms. The summed E-state index contributed by atoms with van der Waals surface area (Å²) in [7, 11) is 0. The SMILES string of the molecule is CC(=O)O[C@@]12CO[C@@H]1C[C@H](O)[C@]1(C)C2[C@H](OC(=O)c2ccccc2)[C@]23OC(=O)O[C@H]2[C@H](OC(=O)[C@H](O)[C@H](CC(C)C)NC(=O)c2ccccc2)C(C)=C([C@@H](O)[C@H]1O)C3(C)C. The Morgan fingerprint density at radius 1 is 0.933 bits per heavy atom. The van der Waals surface area contributed by atoms with Crippen LogP contribution in [-0.4, -0.2) is 123 Å². The topological polar surface area (TPSA) is 234 Å². The Morgan fingerprint density at radius 2 is 1.55 bits per heavy atom. The van der Waals surface area contributed by atoms with Gasteiger partial charge < -0.3 is 54.2 Å². The number of aliphatic hydroxyl groups is 4. The standard InChI is InChI=1S/C44H53NO15/c1-21(2)18-26(45-37(51)24-14-10-8-11-15-24)30(48)39(53)56-32-22(3)29-31(49)34(50)42(7)27(47)19-28-43(20-55-28,59-23(4)46)33(42)36(57-38(52)25-16-12-9-13-17-25)44(41(29,5)6)35(32)58-40(54)60-44/h8-17,21,26-28,30-36,47-50H,18-20H2,1-7H3,(H,45,51)/t26-,27-,28+,30+,31+,32+,33?,34+,35-,36-,42+,43-,44+/m0/s1. The summed E-state index contributed by atoms with van der Waals surface area (Å²) in [6.45, 7) is 10.7. The number of aliphatic hydroxyl groups excluding tert-OH is 4. The van der Waals surface area contributed by atoms with Crippen LogP contribution in [0, 0.1) is 22.7 Å². The Kier molecular flexibility index (Phi) is 11.2. The van der Waals surface area contributed by atoms with Gasteiger partial charge in [-0.2, -0.15) is 0 Å². The molecule has 0 aromatic heterocycles. The molecule has 3 aliphatic carbocycles. The van der Waals surface area contributed by atoms with Gasteiger partial charge in [0.2, 0.25) is 5.60 Å². The Labute approximate surface area is 347 Å². The van der Waals surface area contributed by atoms with Crippen LogP contribution >= 0.6 is 0 Å². The number of amides is 1. The van der Waals surface area contributed by atoms with Crippen LogP contribution in [0.25, 0.3) is 0 Å². The van der Waals surface area contributed by atoms with Crippen molar-refractivity contribution in [1.29, 1.82) is 0 Å². The van der Waals surface area contributed by atoms with Crippen molar-refractivity contribution in [2.24, 2.45) is 22.7 Å². The maximum absolute atomic E-state index is 14.4. The Balaban J connectivity index is 1.40. The second kappa shape index (κ2) is 15.5. The maximum atomic E-state index is 14.4. The molecule has 2 saturated carbocycles. The lowest BCUT2D eigenvalue weighted by Crippen LogP contribution is -2.83. The molecule has 16 heteroatoms. The molecule has 2 saturated heterocycles. The van der Waals surface area contributed by atoms with E-state index in [2.05, 4.69) is 5.32 Å². The number of rotatable bonds is 10. The molecule has 0 radical (unpaired) electrons. The average molecular weight is 836 g/mol. The lowest BCUT2D eigenvalue weighted by Gasteiger charge is -2.68. The van der Waals surface area contributed by atoms with Crippen molar-refractivity contribution in [3.63, 3.8) is 0 Å². The highest BCUT2D eigenvalue weighted by Crippen LogP contribution is 2.67. The van der Waals surface area contributed by atoms with Crippen LogP contribution in [0.2, 0.25) is 0 Å². The van der Waals surface area contributed by atoms with Crippen molar-refractivity contribution in [2.75, 3.05) is 6.61 Å². The lowest BCUT2D eigenvalue weighted by atomic mass is 9.44. The van der Waals surface area contributed by atoms with Crippen LogP contribution in [0.15, 0.2) is 71.8 Å². The first-order valence-corrected chi connectivity index (χ1v) is 20.2. The van der Waals surface area contributed by atoms with Gasteiger partial charge in [-0.1, -0.05) is 71.0 Å². The van der Waals surface area contributed by atoms with Crippen LogP contribution < -0.4 is 5.32 Å². The number of nitrogens with one attached hydrogen (secondary N) is 1. The van der Waals surface area contributed by atoms with Crippen molar-refractivity contribution in [2.45, 2.75) is 127 Å². The number of carbonyl (C=O) groups excluding carboxylic acids is 5. The van der Waals surface area contributed by atoms with Crippen LogP contribution in [-0.2, 0) is 38.0 Å². The third kappa shape index (κ3) is 6.58. The zero-order valence-electron chi connectivity index (χ0n) is 34.5. The van der Waals surface area contributed by atoms with E-state index in [0.29, 0.717) is 0 Å². The van der Waals surface area contributed by atoms with E-state index < -0.39 is 113 Å². The molecule has 1 spiro atoms. The van der Waals surface area contributed by atoms with Crippen molar-refractivity contribution >= 4 is 30.0 Å². The second-order valence-corrected chi connectivity index (χ2v) is 17.8. The fourth-order valence-corrected chi connectivity index (χ4v) is 10.7. The third-order valence-electron chi connectivity index (χ3n) is 13.6. The number of esters is 3. The van der Waals surface area contributed by atoms with Gasteiger partial charge in [0.15, 0.2) is 30.0 Å². The number of benzene rings is 2. The predicted octanol–water partition coefficient (Wildman–Crippen LogP) is 2.78. The second-order valence-electron chi connectivity index (χ2n) is 17.8. The van der Waals surface area contributed by atoms with Gasteiger partial charge in [-0.05, 0) is 54.7 Å². The molecule has 4 fully saturated rings. The van der Waals surface area contributed by atoms with E-state index in [1.807, 2.05) is 13.8 Å². The molecule has 2 aromatic rings. The van der Waals surface area contributed by atoms with Crippen molar-refractivity contribution in [1.82, 2.24) is 5.32 Å². The molecular weight excluding hydrogens is 782 g/mol. The predicted molar refractivity (Wildman–Crippen MR) is 208 cm³/mol. The summed E-state index contributed by atoms with van der Waals surface area (Å²) in [6.07, 6.45) is -14.6. The number of carbonyl (C=O) groups is 5. The molecule has 2 aromatic carbocycles. The number of fused-ring (bicyclic) bond motifs is 4. The van der Waals surface area contributed by atoms with Gasteiger partial charge in [-0.15, -0.1) is 0 Å². The molecule has 13 atom stereocenters. The molecule has 324 valence electrons. The van der Waals surface area contributed by atoms with Gasteiger partial charge in [0.25, 0.3) is 5.91 Å². The molecule has 7 rings (SSSR count). The summed E-state index contributed by atoms with van der Waals surface area (Å²) >= 11 is 0. The lowest BCUT2D eigenvalue weighted by molar-refractivity contribution is -0.364. The molecular formula is C44H53NO15. The van der Waals surface area contributed by atoms with Crippen molar-refractivity contribution in [3.8, 4) is 0 Å². The van der Waals surface area contributed by atoms with E-state index in [9.17, 15) is 44.4 Å². The van der Waals surface area contributed by atoms with Crippen molar-refractivity contribution in [3.05, 3.63) is 82.9 Å². The quantitative estimate of drug-likeness (QED) is 0.132. The molecule has 2 aliphatic heterocycles. The van der Waals surface area contributed by atoms with E-state index in [-0.39, 0.29) is 47.6 Å². The maximum Gasteiger partial charge on any atom is 0.509 e. The van der Waals surface area contributed by atoms with Crippen LogP contribution in [0.3, 0.4) is 0 Å². The number of hydrogen-bond donors (Lipinski definition) is 5. The summed E-state index contributed by atoms with van der Waals surface area (Å²) < 4.78 is 36.8. The summed E-state index contributed by atoms with van der Waals surface area (Å²) in [5.74, 6) is -5.09. The molecule has 1 amide bonds. The zero-order valence-corrected chi connectivity index (χ0v) is 34.5. The van der Waals surface area contributed by atoms with Gasteiger partial charge in [-0.25, -0.2) is 14.4 Å². The first-order chi connectivity index (χ1) is 28.2. The summed E-state index contributed by atoms with van der Waals surface area (Å²) in [5, 5.41) is 51.4. The minimum atomic E-state index is -2.27. The van der Waals surface area contributed by atoms with E-state index in [4.69, 9.17) is 28.4 Å². The van der Waals surface area contributed by atoms with Gasteiger partial charge >= 0.3 is 24.1 Å². The van der Waals surface area contributed by atoms with Gasteiger partial charge in [0.05, 0.1) is 36.3 Å². The van der Waals surface area contributed by atoms with Gasteiger partial charge in [0.1, 0.15) is 12.2 Å². The highest BCUT2D eigenvalue weighted by atomic mass is 16.8. The fraction of sp³-hybridized carbons (Fsp3) is 0.568. The molecule has 2 heterocycles. The summed E-state index contributed by atoms with van der Waals surface area (Å²) in [4.78, 5) is 68.7. The van der Waals surface area contributed by atoms with E-state index in [1.165, 1.54) is 26.0 Å². The molecule has 1 unspecified atom stereocenters. The molecule has 5 N–H and O–H groups in total. The largest absolute Gasteiger partial charge is 0.509 e. The first-order valence-electron chi connectivity index (χ1n) is 20.2. The minimum absolute atomic E-state index is 0.00843. The van der Waals surface area contributed by atoms with Crippen LogP contribution in [0.5, 0.6) is 0 Å². The summed E-state index contributed by atoms with van der Waals surface area (Å²) in [6, 6.07) is 14.9. The highest BCUT2D eigenvalue weighted by molar-refractivity contribution is 5.94.